The Labute approximate surface area is 128 Å². The van der Waals surface area contributed by atoms with Gasteiger partial charge in [-0.05, 0) is 19.8 Å². The van der Waals surface area contributed by atoms with E-state index in [0.717, 1.165) is 19.4 Å². The van der Waals surface area contributed by atoms with Gasteiger partial charge in [0, 0.05) is 32.4 Å². The van der Waals surface area contributed by atoms with Crippen LogP contribution in [0.5, 0.6) is 0 Å². The number of amides is 2. The molecule has 0 aliphatic carbocycles. The van der Waals surface area contributed by atoms with Crippen LogP contribution in [-0.2, 0) is 4.79 Å². The summed E-state index contributed by atoms with van der Waals surface area (Å²) >= 11 is 0. The number of fused-ring (bicyclic) bond motifs is 1. The molecule has 116 valence electrons. The van der Waals surface area contributed by atoms with E-state index in [9.17, 15) is 9.59 Å². The SMILES string of the molecule is CC(=O)N1CCC[C@@]1(C)CNC(=O)c1cnn2ccncc12. The van der Waals surface area contributed by atoms with Gasteiger partial charge in [0.1, 0.15) is 0 Å². The fourth-order valence-electron chi connectivity index (χ4n) is 3.12. The van der Waals surface area contributed by atoms with Gasteiger partial charge in [-0.25, -0.2) is 4.52 Å². The molecule has 2 aromatic heterocycles. The van der Waals surface area contributed by atoms with Crippen LogP contribution < -0.4 is 5.32 Å². The van der Waals surface area contributed by atoms with E-state index in [1.807, 2.05) is 11.8 Å². The van der Waals surface area contributed by atoms with Gasteiger partial charge in [0.2, 0.25) is 5.91 Å². The Balaban J connectivity index is 1.74. The Bertz CT molecular complexity index is 726. The molecule has 0 saturated carbocycles. The van der Waals surface area contributed by atoms with E-state index < -0.39 is 0 Å². The minimum Gasteiger partial charge on any atom is -0.350 e. The van der Waals surface area contributed by atoms with E-state index in [0.29, 0.717) is 17.6 Å². The quantitative estimate of drug-likeness (QED) is 0.912. The average Bonchev–Trinajstić information content (AvgIpc) is 3.09. The number of nitrogens with zero attached hydrogens (tertiary/aromatic N) is 4. The van der Waals surface area contributed by atoms with E-state index in [2.05, 4.69) is 15.4 Å². The van der Waals surface area contributed by atoms with Crippen LogP contribution in [0.3, 0.4) is 0 Å². The highest BCUT2D eigenvalue weighted by atomic mass is 16.2. The molecular weight excluding hydrogens is 282 g/mol. The molecule has 3 rings (SSSR count). The molecule has 0 spiro atoms. The minimum absolute atomic E-state index is 0.0504. The fourth-order valence-corrected chi connectivity index (χ4v) is 3.12. The normalized spacial score (nSPS) is 21.3. The summed E-state index contributed by atoms with van der Waals surface area (Å²) in [5.74, 6) is -0.144. The molecule has 22 heavy (non-hydrogen) atoms. The summed E-state index contributed by atoms with van der Waals surface area (Å²) in [5.41, 5.74) is 0.840. The van der Waals surface area contributed by atoms with Crippen molar-refractivity contribution < 1.29 is 9.59 Å². The van der Waals surface area contributed by atoms with Gasteiger partial charge in [-0.2, -0.15) is 5.10 Å². The van der Waals surface area contributed by atoms with E-state index in [-0.39, 0.29) is 17.4 Å². The summed E-state index contributed by atoms with van der Waals surface area (Å²) in [6, 6.07) is 0. The third-order valence-corrected chi connectivity index (χ3v) is 4.33. The lowest BCUT2D eigenvalue weighted by molar-refractivity contribution is -0.132. The van der Waals surface area contributed by atoms with Gasteiger partial charge in [0.25, 0.3) is 5.91 Å². The lowest BCUT2D eigenvalue weighted by Crippen LogP contribution is -2.51. The smallest absolute Gasteiger partial charge is 0.255 e. The zero-order chi connectivity index (χ0) is 15.7. The second kappa shape index (κ2) is 5.40. The third kappa shape index (κ3) is 2.43. The maximum absolute atomic E-state index is 12.4. The first-order chi connectivity index (χ1) is 10.5. The van der Waals surface area contributed by atoms with Crippen molar-refractivity contribution in [2.75, 3.05) is 13.1 Å². The molecule has 1 aliphatic rings. The van der Waals surface area contributed by atoms with Crippen LogP contribution in [0.4, 0.5) is 0 Å². The van der Waals surface area contributed by atoms with Gasteiger partial charge in [-0.15, -0.1) is 0 Å². The van der Waals surface area contributed by atoms with Crippen molar-refractivity contribution in [2.45, 2.75) is 32.2 Å². The van der Waals surface area contributed by atoms with E-state index >= 15 is 0 Å². The summed E-state index contributed by atoms with van der Waals surface area (Å²) in [5, 5.41) is 7.06. The van der Waals surface area contributed by atoms with Crippen LogP contribution in [0.15, 0.2) is 24.8 Å². The second-order valence-corrected chi connectivity index (χ2v) is 5.92. The van der Waals surface area contributed by atoms with Crippen molar-refractivity contribution in [3.05, 3.63) is 30.4 Å². The first-order valence-electron chi connectivity index (χ1n) is 7.35. The zero-order valence-corrected chi connectivity index (χ0v) is 12.7. The molecule has 0 radical (unpaired) electrons. The number of nitrogens with one attached hydrogen (secondary N) is 1. The van der Waals surface area contributed by atoms with E-state index in [1.54, 1.807) is 30.0 Å². The van der Waals surface area contributed by atoms with Crippen LogP contribution in [-0.4, -0.2) is 49.9 Å². The van der Waals surface area contributed by atoms with Crippen molar-refractivity contribution in [3.63, 3.8) is 0 Å². The number of rotatable bonds is 3. The van der Waals surface area contributed by atoms with Gasteiger partial charge in [0.05, 0.1) is 29.0 Å². The highest BCUT2D eigenvalue weighted by Gasteiger charge is 2.38. The first-order valence-corrected chi connectivity index (χ1v) is 7.35. The average molecular weight is 301 g/mol. The maximum Gasteiger partial charge on any atom is 0.255 e. The topological polar surface area (TPSA) is 79.6 Å². The van der Waals surface area contributed by atoms with Crippen LogP contribution >= 0.6 is 0 Å². The molecule has 7 nitrogen and oxygen atoms in total. The third-order valence-electron chi connectivity index (χ3n) is 4.33. The molecule has 0 bridgehead atoms. The molecule has 2 aromatic rings. The summed E-state index contributed by atoms with van der Waals surface area (Å²) in [4.78, 5) is 30.0. The van der Waals surface area contributed by atoms with Gasteiger partial charge in [-0.1, -0.05) is 0 Å². The molecule has 1 N–H and O–H groups in total. The maximum atomic E-state index is 12.4. The Morgan fingerprint density at radius 3 is 3.00 bits per heavy atom. The monoisotopic (exact) mass is 301 g/mol. The molecule has 1 fully saturated rings. The number of hydrogen-bond donors (Lipinski definition) is 1. The Kier molecular flexibility index (Phi) is 3.56. The number of hydrogen-bond acceptors (Lipinski definition) is 4. The number of likely N-dealkylation sites (tertiary alicyclic amines) is 1. The second-order valence-electron chi connectivity index (χ2n) is 5.92. The lowest BCUT2D eigenvalue weighted by Gasteiger charge is -2.34. The van der Waals surface area contributed by atoms with Crippen LogP contribution in [0, 0.1) is 0 Å². The Morgan fingerprint density at radius 1 is 1.41 bits per heavy atom. The van der Waals surface area contributed by atoms with Crippen molar-refractivity contribution in [1.82, 2.24) is 24.8 Å². The molecule has 1 saturated heterocycles. The van der Waals surface area contributed by atoms with Gasteiger partial charge in [0.15, 0.2) is 0 Å². The molecule has 1 atom stereocenters. The predicted octanol–water partition coefficient (Wildman–Crippen LogP) is 0.860. The van der Waals surface area contributed by atoms with E-state index in [4.69, 9.17) is 0 Å². The van der Waals surface area contributed by atoms with Crippen molar-refractivity contribution in [3.8, 4) is 0 Å². The minimum atomic E-state index is -0.317. The first kappa shape index (κ1) is 14.5. The summed E-state index contributed by atoms with van der Waals surface area (Å²) in [6.45, 7) is 4.77. The molecule has 0 unspecified atom stereocenters. The van der Waals surface area contributed by atoms with Crippen LogP contribution in [0.2, 0.25) is 0 Å². The Hall–Kier alpha value is -2.44. The Morgan fingerprint density at radius 2 is 2.23 bits per heavy atom. The summed E-state index contributed by atoms with van der Waals surface area (Å²) in [6.07, 6.45) is 8.32. The summed E-state index contributed by atoms with van der Waals surface area (Å²) in [7, 11) is 0. The number of carbonyl (C=O) groups excluding carboxylic acids is 2. The van der Waals surface area contributed by atoms with Gasteiger partial charge >= 0.3 is 0 Å². The standard InChI is InChI=1S/C15H19N5O2/c1-11(21)19-6-3-4-15(19,2)10-17-14(22)12-8-18-20-7-5-16-9-13(12)20/h5,7-9H,3-4,6,10H2,1-2H3,(H,17,22)/t15-/m0/s1. The number of aromatic nitrogens is 3. The molecule has 1 aliphatic heterocycles. The van der Waals surface area contributed by atoms with Gasteiger partial charge in [-0.3, -0.25) is 14.6 Å². The predicted molar refractivity (Wildman–Crippen MR) is 80.3 cm³/mol. The van der Waals surface area contributed by atoms with Crippen molar-refractivity contribution >= 4 is 17.3 Å². The molecular formula is C15H19N5O2. The largest absolute Gasteiger partial charge is 0.350 e. The molecule has 0 aromatic carbocycles. The van der Waals surface area contributed by atoms with Crippen LogP contribution in [0.1, 0.15) is 37.0 Å². The zero-order valence-electron chi connectivity index (χ0n) is 12.7. The summed E-state index contributed by atoms with van der Waals surface area (Å²) < 4.78 is 1.61. The molecule has 3 heterocycles. The molecule has 7 heteroatoms. The molecule has 2 amide bonds. The van der Waals surface area contributed by atoms with E-state index in [1.165, 1.54) is 6.20 Å². The highest BCUT2D eigenvalue weighted by molar-refractivity contribution is 6.00. The van der Waals surface area contributed by atoms with Crippen molar-refractivity contribution in [1.29, 1.82) is 0 Å². The van der Waals surface area contributed by atoms with Crippen LogP contribution in [0.25, 0.3) is 5.52 Å². The number of carbonyl (C=O) groups is 2. The van der Waals surface area contributed by atoms with Crippen molar-refractivity contribution in [2.24, 2.45) is 0 Å². The highest BCUT2D eigenvalue weighted by Crippen LogP contribution is 2.28. The van der Waals surface area contributed by atoms with Gasteiger partial charge < -0.3 is 10.2 Å². The lowest BCUT2D eigenvalue weighted by atomic mass is 9.98. The fraction of sp³-hybridized carbons (Fsp3) is 0.467.